The third-order valence-electron chi connectivity index (χ3n) is 3.85. The molecule has 0 saturated carbocycles. The SMILES string of the molecule is Cc1ccc(N2CC(C(=O)NCC(C)C(=O)O)CC2=O)cc1. The average Bonchev–Trinajstić information content (AvgIpc) is 2.87. The highest BCUT2D eigenvalue weighted by Crippen LogP contribution is 2.25. The number of nitrogens with zero attached hydrogens (tertiary/aromatic N) is 1. The number of anilines is 1. The number of carbonyl (C=O) groups is 3. The van der Waals surface area contributed by atoms with Crippen molar-refractivity contribution in [2.24, 2.45) is 11.8 Å². The normalized spacial score (nSPS) is 19.1. The van der Waals surface area contributed by atoms with Gasteiger partial charge in [-0.2, -0.15) is 0 Å². The van der Waals surface area contributed by atoms with Crippen molar-refractivity contribution in [2.75, 3.05) is 18.0 Å². The van der Waals surface area contributed by atoms with E-state index in [1.54, 1.807) is 4.90 Å². The van der Waals surface area contributed by atoms with Gasteiger partial charge in [0.2, 0.25) is 11.8 Å². The van der Waals surface area contributed by atoms with Crippen LogP contribution in [0.1, 0.15) is 18.9 Å². The van der Waals surface area contributed by atoms with E-state index < -0.39 is 17.8 Å². The molecule has 1 saturated heterocycles. The Morgan fingerprint density at radius 3 is 2.59 bits per heavy atom. The predicted molar refractivity (Wildman–Crippen MR) is 81.4 cm³/mol. The quantitative estimate of drug-likeness (QED) is 0.855. The van der Waals surface area contributed by atoms with Crippen LogP contribution in [0.25, 0.3) is 0 Å². The Kier molecular flexibility index (Phi) is 4.80. The first-order valence-corrected chi connectivity index (χ1v) is 7.26. The van der Waals surface area contributed by atoms with Crippen LogP contribution in [0.3, 0.4) is 0 Å². The summed E-state index contributed by atoms with van der Waals surface area (Å²) in [5.41, 5.74) is 1.89. The summed E-state index contributed by atoms with van der Waals surface area (Å²) in [5.74, 6) is -2.39. The van der Waals surface area contributed by atoms with Crippen molar-refractivity contribution >= 4 is 23.5 Å². The number of carboxylic acids is 1. The summed E-state index contributed by atoms with van der Waals surface area (Å²) in [7, 11) is 0. The number of benzene rings is 1. The largest absolute Gasteiger partial charge is 0.481 e. The van der Waals surface area contributed by atoms with E-state index in [1.165, 1.54) is 6.92 Å². The molecule has 6 heteroatoms. The van der Waals surface area contributed by atoms with Crippen LogP contribution < -0.4 is 10.2 Å². The highest BCUT2D eigenvalue weighted by molar-refractivity contribution is 6.00. The van der Waals surface area contributed by atoms with E-state index in [4.69, 9.17) is 5.11 Å². The first kappa shape index (κ1) is 16.0. The Morgan fingerprint density at radius 2 is 2.00 bits per heavy atom. The third kappa shape index (κ3) is 3.63. The van der Waals surface area contributed by atoms with Crippen LogP contribution in [0.4, 0.5) is 5.69 Å². The molecule has 0 radical (unpaired) electrons. The van der Waals surface area contributed by atoms with Gasteiger partial charge in [0.25, 0.3) is 0 Å². The van der Waals surface area contributed by atoms with Gasteiger partial charge < -0.3 is 15.3 Å². The summed E-state index contributed by atoms with van der Waals surface area (Å²) in [6.07, 6.45) is 0.154. The van der Waals surface area contributed by atoms with E-state index in [-0.39, 0.29) is 24.8 Å². The van der Waals surface area contributed by atoms with Gasteiger partial charge in [-0.1, -0.05) is 24.6 Å². The van der Waals surface area contributed by atoms with Gasteiger partial charge in [0, 0.05) is 25.2 Å². The number of hydrogen-bond donors (Lipinski definition) is 2. The molecule has 1 aromatic carbocycles. The van der Waals surface area contributed by atoms with Crippen LogP contribution >= 0.6 is 0 Å². The molecular formula is C16H20N2O4. The molecule has 2 rings (SSSR count). The van der Waals surface area contributed by atoms with Crippen LogP contribution in [-0.2, 0) is 14.4 Å². The van der Waals surface area contributed by atoms with Gasteiger partial charge in [0.05, 0.1) is 11.8 Å². The van der Waals surface area contributed by atoms with E-state index in [0.717, 1.165) is 11.3 Å². The molecule has 2 amide bonds. The van der Waals surface area contributed by atoms with E-state index in [2.05, 4.69) is 5.32 Å². The van der Waals surface area contributed by atoms with E-state index in [0.29, 0.717) is 6.54 Å². The highest BCUT2D eigenvalue weighted by Gasteiger charge is 2.35. The van der Waals surface area contributed by atoms with Gasteiger partial charge in [-0.15, -0.1) is 0 Å². The van der Waals surface area contributed by atoms with Gasteiger partial charge in [-0.05, 0) is 19.1 Å². The van der Waals surface area contributed by atoms with Crippen LogP contribution in [0.2, 0.25) is 0 Å². The zero-order chi connectivity index (χ0) is 16.3. The Bertz CT molecular complexity index is 582. The maximum absolute atomic E-state index is 12.1. The fourth-order valence-electron chi connectivity index (χ4n) is 2.34. The minimum absolute atomic E-state index is 0.0728. The molecule has 2 atom stereocenters. The van der Waals surface area contributed by atoms with Gasteiger partial charge in [-0.3, -0.25) is 14.4 Å². The minimum atomic E-state index is -0.955. The molecule has 6 nitrogen and oxygen atoms in total. The molecule has 2 unspecified atom stereocenters. The Labute approximate surface area is 129 Å². The van der Waals surface area contributed by atoms with Crippen molar-refractivity contribution in [3.63, 3.8) is 0 Å². The van der Waals surface area contributed by atoms with E-state index in [1.807, 2.05) is 31.2 Å². The fourth-order valence-corrected chi connectivity index (χ4v) is 2.34. The molecule has 0 spiro atoms. The summed E-state index contributed by atoms with van der Waals surface area (Å²) in [4.78, 5) is 36.5. The first-order valence-electron chi connectivity index (χ1n) is 7.26. The van der Waals surface area contributed by atoms with Crippen molar-refractivity contribution in [3.8, 4) is 0 Å². The number of hydrogen-bond acceptors (Lipinski definition) is 3. The topological polar surface area (TPSA) is 86.7 Å². The summed E-state index contributed by atoms with van der Waals surface area (Å²) >= 11 is 0. The lowest BCUT2D eigenvalue weighted by atomic mass is 10.1. The van der Waals surface area contributed by atoms with Crippen molar-refractivity contribution in [3.05, 3.63) is 29.8 Å². The molecule has 0 bridgehead atoms. The molecule has 1 aliphatic heterocycles. The lowest BCUT2D eigenvalue weighted by Gasteiger charge is -2.17. The molecule has 118 valence electrons. The lowest BCUT2D eigenvalue weighted by Crippen LogP contribution is -2.37. The second kappa shape index (κ2) is 6.60. The molecule has 1 aromatic rings. The molecule has 1 aliphatic rings. The number of carbonyl (C=O) groups excluding carboxylic acids is 2. The van der Waals surface area contributed by atoms with Crippen LogP contribution in [0.5, 0.6) is 0 Å². The lowest BCUT2D eigenvalue weighted by molar-refractivity contribution is -0.141. The zero-order valence-corrected chi connectivity index (χ0v) is 12.7. The maximum Gasteiger partial charge on any atom is 0.308 e. The van der Waals surface area contributed by atoms with Gasteiger partial charge >= 0.3 is 5.97 Å². The number of aryl methyl sites for hydroxylation is 1. The molecule has 0 aliphatic carbocycles. The number of aliphatic carboxylic acids is 1. The summed E-state index contributed by atoms with van der Waals surface area (Å²) in [6.45, 7) is 3.90. The first-order chi connectivity index (χ1) is 10.4. The maximum atomic E-state index is 12.1. The standard InChI is InChI=1S/C16H20N2O4/c1-10-3-5-13(6-4-10)18-9-12(7-14(18)19)15(20)17-8-11(2)16(21)22/h3-6,11-12H,7-9H2,1-2H3,(H,17,20)(H,21,22). The third-order valence-corrected chi connectivity index (χ3v) is 3.85. The Morgan fingerprint density at radius 1 is 1.36 bits per heavy atom. The van der Waals surface area contributed by atoms with Crippen molar-refractivity contribution < 1.29 is 19.5 Å². The monoisotopic (exact) mass is 304 g/mol. The number of nitrogens with one attached hydrogen (secondary N) is 1. The minimum Gasteiger partial charge on any atom is -0.481 e. The van der Waals surface area contributed by atoms with E-state index >= 15 is 0 Å². The van der Waals surface area contributed by atoms with Crippen LogP contribution in [0, 0.1) is 18.8 Å². The van der Waals surface area contributed by atoms with Crippen molar-refractivity contribution in [1.82, 2.24) is 5.32 Å². The summed E-state index contributed by atoms with van der Waals surface area (Å²) < 4.78 is 0. The van der Waals surface area contributed by atoms with Crippen molar-refractivity contribution in [2.45, 2.75) is 20.3 Å². The number of amides is 2. The van der Waals surface area contributed by atoms with Crippen molar-refractivity contribution in [1.29, 1.82) is 0 Å². The van der Waals surface area contributed by atoms with E-state index in [9.17, 15) is 14.4 Å². The molecule has 1 heterocycles. The molecule has 2 N–H and O–H groups in total. The highest BCUT2D eigenvalue weighted by atomic mass is 16.4. The number of rotatable bonds is 5. The van der Waals surface area contributed by atoms with Gasteiger partial charge in [-0.25, -0.2) is 0 Å². The molecular weight excluding hydrogens is 284 g/mol. The van der Waals surface area contributed by atoms with Gasteiger partial charge in [0.15, 0.2) is 0 Å². The zero-order valence-electron chi connectivity index (χ0n) is 12.7. The van der Waals surface area contributed by atoms with Crippen LogP contribution in [0.15, 0.2) is 24.3 Å². The summed E-state index contributed by atoms with van der Waals surface area (Å²) in [6, 6.07) is 7.56. The molecule has 0 aromatic heterocycles. The molecule has 22 heavy (non-hydrogen) atoms. The smallest absolute Gasteiger partial charge is 0.308 e. The summed E-state index contributed by atoms with van der Waals surface area (Å²) in [5, 5.41) is 11.4. The Balaban J connectivity index is 1.95. The van der Waals surface area contributed by atoms with Crippen LogP contribution in [-0.4, -0.2) is 36.0 Å². The molecule has 1 fully saturated rings. The number of carboxylic acid groups (broad SMARTS) is 1. The fraction of sp³-hybridized carbons (Fsp3) is 0.438. The van der Waals surface area contributed by atoms with Gasteiger partial charge in [0.1, 0.15) is 0 Å². The Hall–Kier alpha value is -2.37. The average molecular weight is 304 g/mol. The second-order valence-electron chi connectivity index (χ2n) is 5.73. The predicted octanol–water partition coefficient (Wildman–Crippen LogP) is 1.18. The second-order valence-corrected chi connectivity index (χ2v) is 5.73.